The van der Waals surface area contributed by atoms with Crippen LogP contribution in [0.1, 0.15) is 59.3 Å². The van der Waals surface area contributed by atoms with Crippen LogP contribution in [0, 0.1) is 11.8 Å². The van der Waals surface area contributed by atoms with Crippen molar-refractivity contribution < 1.29 is 29.0 Å². The minimum atomic E-state index is -1.20. The SMILES string of the molecule is CC(C)(C)OC(=O)NC(CC1CC1)C(=O)NC(CC1CCCNC1=O)C(=O)O. The van der Waals surface area contributed by atoms with Gasteiger partial charge in [-0.15, -0.1) is 0 Å². The lowest BCUT2D eigenvalue weighted by atomic mass is 9.91. The molecule has 0 radical (unpaired) electrons. The number of nitrogens with one attached hydrogen (secondary N) is 3. The molecule has 1 aliphatic heterocycles. The van der Waals surface area contributed by atoms with Crippen LogP contribution in [0.2, 0.25) is 0 Å². The maximum absolute atomic E-state index is 12.7. The van der Waals surface area contributed by atoms with Crippen LogP contribution in [0.4, 0.5) is 4.79 Å². The number of carboxylic acids is 1. The van der Waals surface area contributed by atoms with Gasteiger partial charge >= 0.3 is 12.1 Å². The highest BCUT2D eigenvalue weighted by Crippen LogP contribution is 2.33. The van der Waals surface area contributed by atoms with Gasteiger partial charge in [0.2, 0.25) is 11.8 Å². The lowest BCUT2D eigenvalue weighted by molar-refractivity contribution is -0.143. The summed E-state index contributed by atoms with van der Waals surface area (Å²) in [5.74, 6) is -2.07. The fraction of sp³-hybridized carbons (Fsp3) is 0.789. The molecule has 28 heavy (non-hydrogen) atoms. The Morgan fingerprint density at radius 1 is 1.14 bits per heavy atom. The third-order valence-electron chi connectivity index (χ3n) is 4.81. The monoisotopic (exact) mass is 397 g/mol. The summed E-state index contributed by atoms with van der Waals surface area (Å²) >= 11 is 0. The Kier molecular flexibility index (Phi) is 7.26. The first-order chi connectivity index (χ1) is 13.0. The molecule has 3 amide bonds. The molecule has 9 heteroatoms. The predicted octanol–water partition coefficient (Wildman–Crippen LogP) is 1.17. The number of ether oxygens (including phenoxy) is 1. The molecule has 0 spiro atoms. The van der Waals surface area contributed by atoms with Gasteiger partial charge in [-0.05, 0) is 52.4 Å². The molecule has 2 rings (SSSR count). The number of piperidine rings is 1. The Hall–Kier alpha value is -2.32. The van der Waals surface area contributed by atoms with Crippen LogP contribution in [-0.2, 0) is 19.1 Å². The molecule has 158 valence electrons. The van der Waals surface area contributed by atoms with Crippen LogP contribution in [0.25, 0.3) is 0 Å². The Bertz CT molecular complexity index is 611. The van der Waals surface area contributed by atoms with Crippen molar-refractivity contribution in [1.82, 2.24) is 16.0 Å². The second-order valence-electron chi connectivity index (χ2n) is 8.64. The van der Waals surface area contributed by atoms with Crippen molar-refractivity contribution in [2.24, 2.45) is 11.8 Å². The summed E-state index contributed by atoms with van der Waals surface area (Å²) in [6.45, 7) is 5.75. The fourth-order valence-electron chi connectivity index (χ4n) is 3.21. The van der Waals surface area contributed by atoms with Crippen molar-refractivity contribution in [3.05, 3.63) is 0 Å². The van der Waals surface area contributed by atoms with E-state index in [9.17, 15) is 24.3 Å². The Labute approximate surface area is 165 Å². The van der Waals surface area contributed by atoms with Crippen LogP contribution < -0.4 is 16.0 Å². The maximum Gasteiger partial charge on any atom is 0.408 e. The average Bonchev–Trinajstić information content (AvgIpc) is 3.37. The number of carboxylic acid groups (broad SMARTS) is 1. The van der Waals surface area contributed by atoms with Crippen molar-refractivity contribution in [2.75, 3.05) is 6.54 Å². The number of amides is 3. The Morgan fingerprint density at radius 3 is 2.36 bits per heavy atom. The van der Waals surface area contributed by atoms with Crippen LogP contribution in [-0.4, -0.2) is 53.2 Å². The van der Waals surface area contributed by atoms with Crippen molar-refractivity contribution in [1.29, 1.82) is 0 Å². The highest BCUT2D eigenvalue weighted by molar-refractivity contribution is 5.89. The third kappa shape index (κ3) is 7.36. The zero-order chi connectivity index (χ0) is 20.9. The Morgan fingerprint density at radius 2 is 1.82 bits per heavy atom. The molecule has 4 N–H and O–H groups in total. The van der Waals surface area contributed by atoms with E-state index < -0.39 is 41.6 Å². The maximum atomic E-state index is 12.7. The molecule has 9 nitrogen and oxygen atoms in total. The van der Waals surface area contributed by atoms with E-state index in [1.54, 1.807) is 20.8 Å². The van der Waals surface area contributed by atoms with E-state index in [-0.39, 0.29) is 12.3 Å². The summed E-state index contributed by atoms with van der Waals surface area (Å²) in [4.78, 5) is 48.3. The molecule has 0 aromatic rings. The smallest absolute Gasteiger partial charge is 0.408 e. The molecule has 2 fully saturated rings. The van der Waals surface area contributed by atoms with Gasteiger partial charge in [0.05, 0.1) is 0 Å². The number of aliphatic carboxylic acids is 1. The highest BCUT2D eigenvalue weighted by Gasteiger charge is 2.35. The summed E-state index contributed by atoms with van der Waals surface area (Å²) in [7, 11) is 0. The second kappa shape index (κ2) is 9.25. The number of carbonyl (C=O) groups is 4. The number of rotatable bonds is 8. The van der Waals surface area contributed by atoms with Crippen molar-refractivity contribution in [3.63, 3.8) is 0 Å². The molecule has 0 aromatic carbocycles. The second-order valence-corrected chi connectivity index (χ2v) is 8.64. The quantitative estimate of drug-likeness (QED) is 0.486. The topological polar surface area (TPSA) is 134 Å². The molecule has 3 atom stereocenters. The van der Waals surface area contributed by atoms with E-state index in [4.69, 9.17) is 4.74 Å². The minimum Gasteiger partial charge on any atom is -0.480 e. The van der Waals surface area contributed by atoms with Gasteiger partial charge in [-0.25, -0.2) is 9.59 Å². The van der Waals surface area contributed by atoms with Gasteiger partial charge in [-0.1, -0.05) is 12.8 Å². The van der Waals surface area contributed by atoms with Gasteiger partial charge in [0, 0.05) is 12.5 Å². The summed E-state index contributed by atoms with van der Waals surface area (Å²) < 4.78 is 5.21. The zero-order valence-electron chi connectivity index (χ0n) is 16.7. The molecule has 1 aliphatic carbocycles. The first kappa shape index (κ1) is 22.0. The molecule has 3 unspecified atom stereocenters. The number of carbonyl (C=O) groups excluding carboxylic acids is 3. The molecular formula is C19H31N3O6. The van der Waals surface area contributed by atoms with E-state index >= 15 is 0 Å². The lowest BCUT2D eigenvalue weighted by Crippen LogP contribution is -2.53. The van der Waals surface area contributed by atoms with Crippen molar-refractivity contribution in [2.45, 2.75) is 77.0 Å². The van der Waals surface area contributed by atoms with Crippen LogP contribution >= 0.6 is 0 Å². The third-order valence-corrected chi connectivity index (χ3v) is 4.81. The zero-order valence-corrected chi connectivity index (χ0v) is 16.7. The fourth-order valence-corrected chi connectivity index (χ4v) is 3.21. The molecule has 0 aromatic heterocycles. The van der Waals surface area contributed by atoms with Gasteiger partial charge in [-0.2, -0.15) is 0 Å². The van der Waals surface area contributed by atoms with E-state index in [1.165, 1.54) is 0 Å². The van der Waals surface area contributed by atoms with Gasteiger partial charge in [0.25, 0.3) is 0 Å². The first-order valence-corrected chi connectivity index (χ1v) is 9.85. The van der Waals surface area contributed by atoms with Gasteiger partial charge in [0.1, 0.15) is 17.7 Å². The van der Waals surface area contributed by atoms with E-state index in [1.807, 2.05) is 0 Å². The molecule has 1 saturated carbocycles. The molecule has 2 aliphatic rings. The van der Waals surface area contributed by atoms with E-state index in [0.29, 0.717) is 25.3 Å². The summed E-state index contributed by atoms with van der Waals surface area (Å²) in [5.41, 5.74) is -0.706. The molecule has 0 bridgehead atoms. The minimum absolute atomic E-state index is 0.0233. The van der Waals surface area contributed by atoms with Gasteiger partial charge < -0.3 is 25.8 Å². The summed E-state index contributed by atoms with van der Waals surface area (Å²) in [5, 5.41) is 17.3. The Balaban J connectivity index is 1.98. The number of hydrogen-bond donors (Lipinski definition) is 4. The van der Waals surface area contributed by atoms with E-state index in [2.05, 4.69) is 16.0 Å². The predicted molar refractivity (Wildman–Crippen MR) is 100 cm³/mol. The largest absolute Gasteiger partial charge is 0.480 e. The van der Waals surface area contributed by atoms with Crippen molar-refractivity contribution >= 4 is 23.9 Å². The standard InChI is InChI=1S/C19H31N3O6/c1-19(2,3)28-18(27)22-13(9-11-6-7-11)16(24)21-14(17(25)26)10-12-5-4-8-20-15(12)23/h11-14H,4-10H2,1-3H3,(H,20,23)(H,21,24)(H,22,27)(H,25,26). The lowest BCUT2D eigenvalue weighted by Gasteiger charge is -2.27. The average molecular weight is 397 g/mol. The highest BCUT2D eigenvalue weighted by atomic mass is 16.6. The van der Waals surface area contributed by atoms with Crippen LogP contribution in [0.15, 0.2) is 0 Å². The molecule has 1 saturated heterocycles. The van der Waals surface area contributed by atoms with Gasteiger partial charge in [-0.3, -0.25) is 9.59 Å². The van der Waals surface area contributed by atoms with Gasteiger partial charge in [0.15, 0.2) is 0 Å². The molecular weight excluding hydrogens is 366 g/mol. The summed E-state index contributed by atoms with van der Waals surface area (Å²) in [6, 6.07) is -2.06. The number of hydrogen-bond acceptors (Lipinski definition) is 5. The van der Waals surface area contributed by atoms with Crippen molar-refractivity contribution in [3.8, 4) is 0 Å². The first-order valence-electron chi connectivity index (χ1n) is 9.85. The number of alkyl carbamates (subject to hydrolysis) is 1. The van der Waals surface area contributed by atoms with E-state index in [0.717, 1.165) is 19.3 Å². The summed E-state index contributed by atoms with van der Waals surface area (Å²) in [6.07, 6.45) is 3.06. The normalized spacial score (nSPS) is 21.8. The molecule has 1 heterocycles. The van der Waals surface area contributed by atoms with Crippen LogP contribution in [0.3, 0.4) is 0 Å². The van der Waals surface area contributed by atoms with Crippen LogP contribution in [0.5, 0.6) is 0 Å².